The van der Waals surface area contributed by atoms with Crippen LogP contribution in [0.15, 0.2) is 6.20 Å². The quantitative estimate of drug-likeness (QED) is 0.712. The van der Waals surface area contributed by atoms with Crippen molar-refractivity contribution in [3.8, 4) is 0 Å². The van der Waals surface area contributed by atoms with E-state index in [1.807, 2.05) is 30.6 Å². The maximum atomic E-state index is 13.4. The van der Waals surface area contributed by atoms with Gasteiger partial charge in [0.15, 0.2) is 5.82 Å². The smallest absolute Gasteiger partial charge is 0.257 e. The van der Waals surface area contributed by atoms with Gasteiger partial charge in [0.25, 0.3) is 5.91 Å². The minimum absolute atomic E-state index is 0.0864. The first-order valence-corrected chi connectivity index (χ1v) is 11.5. The third kappa shape index (κ3) is 4.23. The van der Waals surface area contributed by atoms with Crippen LogP contribution in [0.5, 0.6) is 0 Å². The first kappa shape index (κ1) is 22.3. The summed E-state index contributed by atoms with van der Waals surface area (Å²) in [5.74, 6) is 2.54. The molecule has 2 aliphatic rings. The van der Waals surface area contributed by atoms with Crippen molar-refractivity contribution in [3.05, 3.63) is 40.4 Å². The molecule has 0 aromatic carbocycles. The molecule has 170 valence electrons. The maximum Gasteiger partial charge on any atom is 0.257 e. The van der Waals surface area contributed by atoms with Crippen molar-refractivity contribution in [2.24, 2.45) is 5.92 Å². The topological polar surface area (TPSA) is 92.2 Å². The highest BCUT2D eigenvalue weighted by atomic mass is 16.2. The minimum atomic E-state index is -0.212. The van der Waals surface area contributed by atoms with Crippen molar-refractivity contribution in [2.75, 3.05) is 18.0 Å². The molecular weight excluding hydrogens is 404 g/mol. The van der Waals surface area contributed by atoms with E-state index in [1.54, 1.807) is 6.20 Å². The number of hydrogen-bond acceptors (Lipinski definition) is 6. The molecule has 4 rings (SSSR count). The molecular formula is C24H32N6O2. The fourth-order valence-corrected chi connectivity index (χ4v) is 4.60. The van der Waals surface area contributed by atoms with Gasteiger partial charge in [-0.25, -0.2) is 19.9 Å². The SMILES string of the molecule is Cc1ncc(C(=O)N2CCCC2c2nc(C)c3c(n2)N(CCC(C)C)C(=O)CC3)c(C)n1. The average Bonchev–Trinajstić information content (AvgIpc) is 3.22. The van der Waals surface area contributed by atoms with Crippen LogP contribution in [-0.2, 0) is 11.2 Å². The van der Waals surface area contributed by atoms with Gasteiger partial charge in [-0.05, 0) is 52.4 Å². The lowest BCUT2D eigenvalue weighted by Crippen LogP contribution is -2.39. The summed E-state index contributed by atoms with van der Waals surface area (Å²) in [6.45, 7) is 11.3. The van der Waals surface area contributed by atoms with Gasteiger partial charge in [-0.2, -0.15) is 0 Å². The Kier molecular flexibility index (Phi) is 6.22. The van der Waals surface area contributed by atoms with E-state index in [0.29, 0.717) is 54.8 Å². The van der Waals surface area contributed by atoms with Crippen molar-refractivity contribution >= 4 is 17.6 Å². The van der Waals surface area contributed by atoms with E-state index in [-0.39, 0.29) is 17.9 Å². The molecule has 2 aliphatic heterocycles. The Balaban J connectivity index is 1.68. The first-order chi connectivity index (χ1) is 15.3. The van der Waals surface area contributed by atoms with Crippen molar-refractivity contribution in [3.63, 3.8) is 0 Å². The summed E-state index contributed by atoms with van der Waals surface area (Å²) < 4.78 is 0. The van der Waals surface area contributed by atoms with Crippen LogP contribution in [0.25, 0.3) is 0 Å². The van der Waals surface area contributed by atoms with Gasteiger partial charge in [0.2, 0.25) is 5.91 Å². The van der Waals surface area contributed by atoms with E-state index >= 15 is 0 Å². The molecule has 4 heterocycles. The summed E-state index contributed by atoms with van der Waals surface area (Å²) in [7, 11) is 0. The summed E-state index contributed by atoms with van der Waals surface area (Å²) in [6, 6.07) is -0.212. The molecule has 32 heavy (non-hydrogen) atoms. The van der Waals surface area contributed by atoms with Gasteiger partial charge in [0.05, 0.1) is 17.3 Å². The molecule has 2 amide bonds. The van der Waals surface area contributed by atoms with Gasteiger partial charge < -0.3 is 4.90 Å². The fraction of sp³-hybridized carbons (Fsp3) is 0.583. The summed E-state index contributed by atoms with van der Waals surface area (Å²) in [5.41, 5.74) is 3.16. The fourth-order valence-electron chi connectivity index (χ4n) is 4.60. The van der Waals surface area contributed by atoms with Gasteiger partial charge in [0, 0.05) is 37.0 Å². The van der Waals surface area contributed by atoms with E-state index in [4.69, 9.17) is 9.97 Å². The second-order valence-corrected chi connectivity index (χ2v) is 9.27. The molecule has 0 N–H and O–H groups in total. The number of rotatable bonds is 5. The second kappa shape index (κ2) is 8.92. The standard InChI is InChI=1S/C24H32N6O2/c1-14(2)10-12-30-21(31)9-8-18-15(3)27-22(28-23(18)30)20-7-6-11-29(20)24(32)19-13-25-17(5)26-16(19)4/h13-14,20H,6-12H2,1-5H3. The van der Waals surface area contributed by atoms with E-state index in [1.165, 1.54) is 0 Å². The number of aryl methyl sites for hydroxylation is 3. The molecule has 2 aromatic heterocycles. The van der Waals surface area contributed by atoms with Gasteiger partial charge >= 0.3 is 0 Å². The third-order valence-electron chi connectivity index (χ3n) is 6.43. The second-order valence-electron chi connectivity index (χ2n) is 9.27. The molecule has 0 radical (unpaired) electrons. The van der Waals surface area contributed by atoms with E-state index in [9.17, 15) is 9.59 Å². The minimum Gasteiger partial charge on any atom is -0.328 e. The lowest BCUT2D eigenvalue weighted by molar-refractivity contribution is -0.119. The van der Waals surface area contributed by atoms with E-state index < -0.39 is 0 Å². The number of likely N-dealkylation sites (tertiary alicyclic amines) is 1. The normalized spacial score (nSPS) is 18.4. The Morgan fingerprint density at radius 2 is 1.91 bits per heavy atom. The highest BCUT2D eigenvalue weighted by Gasteiger charge is 2.36. The summed E-state index contributed by atoms with van der Waals surface area (Å²) >= 11 is 0. The highest BCUT2D eigenvalue weighted by molar-refractivity contribution is 5.96. The lowest BCUT2D eigenvalue weighted by Gasteiger charge is -2.31. The van der Waals surface area contributed by atoms with Crippen LogP contribution in [0.1, 0.15) is 84.5 Å². The molecule has 8 nitrogen and oxygen atoms in total. The number of carbonyl (C=O) groups is 2. The Morgan fingerprint density at radius 3 is 2.62 bits per heavy atom. The molecule has 0 aliphatic carbocycles. The molecule has 1 saturated heterocycles. The van der Waals surface area contributed by atoms with Crippen LogP contribution >= 0.6 is 0 Å². The first-order valence-electron chi connectivity index (χ1n) is 11.5. The molecule has 2 aromatic rings. The Morgan fingerprint density at radius 1 is 1.12 bits per heavy atom. The Bertz CT molecular complexity index is 1050. The zero-order valence-corrected chi connectivity index (χ0v) is 19.7. The van der Waals surface area contributed by atoms with E-state index in [0.717, 1.165) is 36.3 Å². The molecule has 1 fully saturated rings. The highest BCUT2D eigenvalue weighted by Crippen LogP contribution is 2.35. The van der Waals surface area contributed by atoms with Crippen molar-refractivity contribution in [2.45, 2.75) is 72.8 Å². The van der Waals surface area contributed by atoms with Crippen LogP contribution in [0.2, 0.25) is 0 Å². The number of amides is 2. The number of anilines is 1. The molecule has 1 unspecified atom stereocenters. The molecule has 0 spiro atoms. The third-order valence-corrected chi connectivity index (χ3v) is 6.43. The average molecular weight is 437 g/mol. The van der Waals surface area contributed by atoms with Crippen LogP contribution < -0.4 is 4.90 Å². The van der Waals surface area contributed by atoms with Gasteiger partial charge in [-0.1, -0.05) is 13.8 Å². The van der Waals surface area contributed by atoms with Crippen molar-refractivity contribution in [1.29, 1.82) is 0 Å². The molecule has 0 saturated carbocycles. The largest absolute Gasteiger partial charge is 0.328 e. The summed E-state index contributed by atoms with van der Waals surface area (Å²) in [5, 5.41) is 0. The Labute approximate surface area is 189 Å². The zero-order valence-electron chi connectivity index (χ0n) is 19.7. The summed E-state index contributed by atoms with van der Waals surface area (Å²) in [4.78, 5) is 48.0. The number of aromatic nitrogens is 4. The number of hydrogen-bond donors (Lipinski definition) is 0. The summed E-state index contributed by atoms with van der Waals surface area (Å²) in [6.07, 6.45) is 5.39. The predicted octanol–water partition coefficient (Wildman–Crippen LogP) is 3.49. The number of carbonyl (C=O) groups excluding carboxylic acids is 2. The van der Waals surface area contributed by atoms with Crippen LogP contribution in [-0.4, -0.2) is 49.7 Å². The van der Waals surface area contributed by atoms with Gasteiger partial charge in [0.1, 0.15) is 11.6 Å². The van der Waals surface area contributed by atoms with Gasteiger partial charge in [-0.15, -0.1) is 0 Å². The van der Waals surface area contributed by atoms with Crippen molar-refractivity contribution < 1.29 is 9.59 Å². The van der Waals surface area contributed by atoms with Crippen LogP contribution in [0, 0.1) is 26.7 Å². The Hall–Kier alpha value is -2.90. The predicted molar refractivity (Wildman–Crippen MR) is 121 cm³/mol. The van der Waals surface area contributed by atoms with Crippen molar-refractivity contribution in [1.82, 2.24) is 24.8 Å². The van der Waals surface area contributed by atoms with E-state index in [2.05, 4.69) is 23.8 Å². The number of nitrogens with zero attached hydrogens (tertiary/aromatic N) is 6. The molecule has 1 atom stereocenters. The van der Waals surface area contributed by atoms with Crippen LogP contribution in [0.3, 0.4) is 0 Å². The number of fused-ring (bicyclic) bond motifs is 1. The van der Waals surface area contributed by atoms with Gasteiger partial charge in [-0.3, -0.25) is 14.5 Å². The molecule has 0 bridgehead atoms. The maximum absolute atomic E-state index is 13.4. The lowest BCUT2D eigenvalue weighted by atomic mass is 10.0. The van der Waals surface area contributed by atoms with Crippen LogP contribution in [0.4, 0.5) is 5.82 Å². The monoisotopic (exact) mass is 436 g/mol. The zero-order chi connectivity index (χ0) is 23.0. The molecule has 8 heteroatoms.